The first kappa shape index (κ1) is 33.8. The van der Waals surface area contributed by atoms with Gasteiger partial charge in [0.1, 0.15) is 34.9 Å². The van der Waals surface area contributed by atoms with Gasteiger partial charge in [0.15, 0.2) is 5.13 Å². The lowest BCUT2D eigenvalue weighted by molar-refractivity contribution is -0.148. The van der Waals surface area contributed by atoms with E-state index in [-0.39, 0.29) is 36.1 Å². The highest BCUT2D eigenvalue weighted by molar-refractivity contribution is 7.14. The number of hydrogen-bond acceptors (Lipinski definition) is 10. The van der Waals surface area contributed by atoms with Crippen LogP contribution >= 0.6 is 11.3 Å². The second-order valence-electron chi connectivity index (χ2n) is 13.2. The number of carbonyl (C=O) groups is 4. The number of anilines is 1. The van der Waals surface area contributed by atoms with Gasteiger partial charge >= 0.3 is 5.97 Å². The zero-order valence-corrected chi connectivity index (χ0v) is 28.5. The average molecular weight is 664 g/mol. The molecule has 0 spiro atoms. The predicted molar refractivity (Wildman–Crippen MR) is 178 cm³/mol. The second-order valence-corrected chi connectivity index (χ2v) is 14.0. The number of aromatic nitrogens is 2. The molecule has 2 aromatic heterocycles. The van der Waals surface area contributed by atoms with Crippen LogP contribution in [0.4, 0.5) is 5.13 Å². The smallest absolute Gasteiger partial charge is 0.332 e. The van der Waals surface area contributed by atoms with Crippen LogP contribution in [0.2, 0.25) is 0 Å². The highest BCUT2D eigenvalue weighted by atomic mass is 32.1. The fraction of sp³-hybridized carbons (Fsp3) is 0.471. The second kappa shape index (κ2) is 12.9. The maximum Gasteiger partial charge on any atom is 0.332 e. The van der Waals surface area contributed by atoms with Gasteiger partial charge in [-0.25, -0.2) is 14.8 Å². The van der Waals surface area contributed by atoms with Gasteiger partial charge in [0.25, 0.3) is 0 Å². The third kappa shape index (κ3) is 6.80. The molecule has 1 aromatic carbocycles. The van der Waals surface area contributed by atoms with E-state index in [0.29, 0.717) is 45.3 Å². The van der Waals surface area contributed by atoms with Crippen molar-refractivity contribution in [1.29, 1.82) is 0 Å². The molecule has 5 rings (SSSR count). The van der Waals surface area contributed by atoms with Crippen molar-refractivity contribution in [3.05, 3.63) is 42.3 Å². The molecule has 2 aliphatic rings. The number of likely N-dealkylation sites (tertiary alicyclic amines) is 1. The van der Waals surface area contributed by atoms with Gasteiger partial charge in [-0.1, -0.05) is 33.8 Å². The summed E-state index contributed by atoms with van der Waals surface area (Å²) in [5.41, 5.74) is 0.0990. The number of ether oxygens (including phenoxy) is 3. The summed E-state index contributed by atoms with van der Waals surface area (Å²) in [6.45, 7) is 13.2. The molecule has 0 bridgehead atoms. The van der Waals surface area contributed by atoms with Crippen molar-refractivity contribution >= 4 is 51.1 Å². The lowest BCUT2D eigenvalue weighted by Gasteiger charge is -2.33. The fourth-order valence-corrected chi connectivity index (χ4v) is 6.54. The molecule has 3 aromatic rings. The summed E-state index contributed by atoms with van der Waals surface area (Å²) in [5.74, 6) is -0.959. The molecule has 3 heterocycles. The highest BCUT2D eigenvalue weighted by Gasteiger charge is 2.62. The van der Waals surface area contributed by atoms with Gasteiger partial charge in [-0.3, -0.25) is 14.4 Å². The van der Waals surface area contributed by atoms with Crippen LogP contribution in [0.5, 0.6) is 11.5 Å². The molecule has 1 aliphatic carbocycles. The maximum absolute atomic E-state index is 13.9. The largest absolute Gasteiger partial charge is 0.497 e. The number of nitrogens with zero attached hydrogens (tertiary/aromatic N) is 3. The van der Waals surface area contributed by atoms with E-state index in [1.54, 1.807) is 41.7 Å². The van der Waals surface area contributed by atoms with Gasteiger partial charge in [-0.15, -0.1) is 17.9 Å². The molecular weight excluding hydrogens is 622 g/mol. The van der Waals surface area contributed by atoms with E-state index in [4.69, 9.17) is 19.2 Å². The van der Waals surface area contributed by atoms with E-state index in [9.17, 15) is 19.2 Å². The molecule has 2 fully saturated rings. The molecule has 13 heteroatoms. The van der Waals surface area contributed by atoms with Crippen molar-refractivity contribution in [3.63, 3.8) is 0 Å². The number of esters is 1. The van der Waals surface area contributed by atoms with Crippen molar-refractivity contribution in [2.45, 2.75) is 65.1 Å². The Kier molecular flexibility index (Phi) is 9.31. The lowest BCUT2D eigenvalue weighted by Crippen LogP contribution is -2.54. The summed E-state index contributed by atoms with van der Waals surface area (Å²) in [4.78, 5) is 63.0. The van der Waals surface area contributed by atoms with Crippen LogP contribution in [0, 0.1) is 17.3 Å². The van der Waals surface area contributed by atoms with Crippen LogP contribution < -0.4 is 20.1 Å². The van der Waals surface area contributed by atoms with Gasteiger partial charge in [0.2, 0.25) is 17.7 Å². The standard InChI is InChI=1S/C34H41N5O7S/c1-9-20-15-34(20,31(43)45-8)38-29(41)27-13-22(16-39(27)30(42)18(2)33(4,5)6)46-28-14-25(26-17-47-32(37-26)35-19(3)40)36-24-12-21(44-7)10-11-23(24)28/h9-12,14,17-18,20,22,27H,1,13,15-16H2,2-8H3,(H,38,41)(H,35,37,40). The van der Waals surface area contributed by atoms with Crippen LogP contribution in [0.1, 0.15) is 47.5 Å². The Morgan fingerprint density at radius 2 is 1.89 bits per heavy atom. The van der Waals surface area contributed by atoms with E-state index < -0.39 is 35.5 Å². The Morgan fingerprint density at radius 3 is 2.51 bits per heavy atom. The number of thiazole rings is 1. The average Bonchev–Trinajstić information content (AvgIpc) is 3.31. The van der Waals surface area contributed by atoms with Gasteiger partial charge in [0, 0.05) is 48.1 Å². The Hall–Kier alpha value is -4.52. The maximum atomic E-state index is 13.9. The Bertz CT molecular complexity index is 1730. The van der Waals surface area contributed by atoms with Gasteiger partial charge in [0.05, 0.1) is 32.0 Å². The fourth-order valence-electron chi connectivity index (χ4n) is 5.79. The van der Waals surface area contributed by atoms with Crippen molar-refractivity contribution in [2.24, 2.45) is 17.3 Å². The predicted octanol–water partition coefficient (Wildman–Crippen LogP) is 4.59. The summed E-state index contributed by atoms with van der Waals surface area (Å²) in [6, 6.07) is 6.32. The molecule has 0 radical (unpaired) electrons. The molecule has 1 saturated heterocycles. The number of carbonyl (C=O) groups excluding carboxylic acids is 4. The van der Waals surface area contributed by atoms with Crippen LogP contribution in [0.15, 0.2) is 42.3 Å². The monoisotopic (exact) mass is 663 g/mol. The molecule has 47 heavy (non-hydrogen) atoms. The third-order valence-electron chi connectivity index (χ3n) is 9.04. The number of amides is 3. The van der Waals surface area contributed by atoms with Crippen LogP contribution in [0.3, 0.4) is 0 Å². The molecule has 5 unspecified atom stereocenters. The minimum absolute atomic E-state index is 0.159. The number of benzene rings is 1. The Balaban J connectivity index is 1.49. The zero-order chi connectivity index (χ0) is 34.3. The van der Waals surface area contributed by atoms with E-state index in [0.717, 1.165) is 0 Å². The first-order valence-corrected chi connectivity index (χ1v) is 16.3. The summed E-state index contributed by atoms with van der Waals surface area (Å²) in [7, 11) is 2.85. The molecule has 12 nitrogen and oxygen atoms in total. The molecular formula is C34H41N5O7S. The zero-order valence-electron chi connectivity index (χ0n) is 27.7. The van der Waals surface area contributed by atoms with Crippen LogP contribution in [-0.4, -0.2) is 77.0 Å². The molecule has 2 N–H and O–H groups in total. The van der Waals surface area contributed by atoms with Crippen molar-refractivity contribution in [1.82, 2.24) is 20.2 Å². The number of nitrogens with one attached hydrogen (secondary N) is 2. The van der Waals surface area contributed by atoms with Gasteiger partial charge in [-0.2, -0.15) is 0 Å². The quantitative estimate of drug-likeness (QED) is 0.235. The molecule has 3 amide bonds. The van der Waals surface area contributed by atoms with E-state index in [1.807, 2.05) is 33.8 Å². The van der Waals surface area contributed by atoms with Gasteiger partial charge in [-0.05, 0) is 24.0 Å². The summed E-state index contributed by atoms with van der Waals surface area (Å²) in [6.07, 6.45) is 1.65. The van der Waals surface area contributed by atoms with Crippen LogP contribution in [-0.2, 0) is 23.9 Å². The lowest BCUT2D eigenvalue weighted by atomic mass is 9.81. The topological polar surface area (TPSA) is 149 Å². The summed E-state index contributed by atoms with van der Waals surface area (Å²) < 4.78 is 17.1. The molecule has 1 aliphatic heterocycles. The van der Waals surface area contributed by atoms with E-state index in [1.165, 1.54) is 25.4 Å². The number of methoxy groups -OCH3 is 2. The number of fused-ring (bicyclic) bond motifs is 1. The highest BCUT2D eigenvalue weighted by Crippen LogP contribution is 2.46. The molecule has 1 saturated carbocycles. The van der Waals surface area contributed by atoms with Gasteiger partial charge < -0.3 is 29.7 Å². The minimum atomic E-state index is -1.20. The number of pyridine rings is 1. The third-order valence-corrected chi connectivity index (χ3v) is 9.79. The number of hydrogen-bond donors (Lipinski definition) is 2. The minimum Gasteiger partial charge on any atom is -0.497 e. The Morgan fingerprint density at radius 1 is 1.15 bits per heavy atom. The normalized spacial score (nSPS) is 22.7. The molecule has 250 valence electrons. The molecule has 5 atom stereocenters. The first-order chi connectivity index (χ1) is 22.2. The SMILES string of the molecule is C=CC1CC1(NC(=O)C1CC(Oc2cc(-c3csc(NC(C)=O)n3)nc3cc(OC)ccc23)CN1C(=O)C(C)C(C)(C)C)C(=O)OC. The summed E-state index contributed by atoms with van der Waals surface area (Å²) >= 11 is 1.27. The van der Waals surface area contributed by atoms with E-state index in [2.05, 4.69) is 22.2 Å². The van der Waals surface area contributed by atoms with E-state index >= 15 is 0 Å². The Labute approximate surface area is 277 Å². The van der Waals surface area contributed by atoms with Crippen molar-refractivity contribution in [2.75, 3.05) is 26.1 Å². The first-order valence-electron chi connectivity index (χ1n) is 15.4. The van der Waals surface area contributed by atoms with Crippen molar-refractivity contribution in [3.8, 4) is 22.9 Å². The number of rotatable bonds is 10. The van der Waals surface area contributed by atoms with Crippen molar-refractivity contribution < 1.29 is 33.4 Å². The summed E-state index contributed by atoms with van der Waals surface area (Å²) in [5, 5.41) is 8.53. The van der Waals surface area contributed by atoms with Crippen LogP contribution in [0.25, 0.3) is 22.3 Å².